The van der Waals surface area contributed by atoms with Gasteiger partial charge in [-0.25, -0.2) is 9.18 Å². The van der Waals surface area contributed by atoms with E-state index in [0.717, 1.165) is 6.07 Å². The summed E-state index contributed by atoms with van der Waals surface area (Å²) in [4.78, 5) is 25.9. The van der Waals surface area contributed by atoms with Crippen LogP contribution in [0.4, 0.5) is 10.1 Å². The van der Waals surface area contributed by atoms with Crippen LogP contribution in [-0.2, 0) is 9.53 Å². The average Bonchev–Trinajstić information content (AvgIpc) is 2.59. The fourth-order valence-corrected chi connectivity index (χ4v) is 2.46. The zero-order chi connectivity index (χ0) is 16.4. The maximum absolute atomic E-state index is 13.4. The Balaban J connectivity index is 1.99. The molecule has 0 unspecified atom stereocenters. The average molecular weight is 315 g/mol. The quantitative estimate of drug-likeness (QED) is 0.799. The number of benzene rings is 2. The second-order valence-corrected chi connectivity index (χ2v) is 5.02. The minimum absolute atomic E-state index is 0.000959. The number of hydrogen-bond donors (Lipinski definition) is 0. The van der Waals surface area contributed by atoms with Crippen molar-refractivity contribution in [1.82, 2.24) is 0 Å². The fraction of sp³-hybridized carbons (Fsp3) is 0.176. The molecular formula is C17H14FNO4. The second kappa shape index (κ2) is 6.08. The van der Waals surface area contributed by atoms with Crippen LogP contribution in [-0.4, -0.2) is 31.6 Å². The zero-order valence-corrected chi connectivity index (χ0v) is 12.4. The van der Waals surface area contributed by atoms with E-state index in [1.165, 1.54) is 30.2 Å². The summed E-state index contributed by atoms with van der Waals surface area (Å²) in [6.07, 6.45) is -0.924. The van der Waals surface area contributed by atoms with Gasteiger partial charge in [-0.05, 0) is 30.3 Å². The first kappa shape index (κ1) is 15.0. The molecule has 0 saturated heterocycles. The molecular weight excluding hydrogens is 301 g/mol. The van der Waals surface area contributed by atoms with Crippen molar-refractivity contribution < 1.29 is 23.5 Å². The van der Waals surface area contributed by atoms with Crippen molar-refractivity contribution in [3.05, 3.63) is 59.9 Å². The normalized spacial score (nSPS) is 16.3. The molecule has 2 aromatic rings. The third-order valence-electron chi connectivity index (χ3n) is 3.55. The van der Waals surface area contributed by atoms with Crippen LogP contribution in [0, 0.1) is 5.82 Å². The van der Waals surface area contributed by atoms with Gasteiger partial charge >= 0.3 is 5.97 Å². The van der Waals surface area contributed by atoms with E-state index >= 15 is 0 Å². The lowest BCUT2D eigenvalue weighted by molar-refractivity contribution is -0.148. The topological polar surface area (TPSA) is 55.8 Å². The van der Waals surface area contributed by atoms with Crippen LogP contribution in [0.25, 0.3) is 0 Å². The molecule has 23 heavy (non-hydrogen) atoms. The highest BCUT2D eigenvalue weighted by Gasteiger charge is 2.34. The molecule has 118 valence electrons. The predicted molar refractivity (Wildman–Crippen MR) is 81.0 cm³/mol. The van der Waals surface area contributed by atoms with Crippen molar-refractivity contribution in [2.75, 3.05) is 18.6 Å². The molecule has 1 aliphatic rings. The summed E-state index contributed by atoms with van der Waals surface area (Å²) in [5.41, 5.74) is 0.729. The van der Waals surface area contributed by atoms with Gasteiger partial charge in [-0.1, -0.05) is 18.2 Å². The smallest absolute Gasteiger partial charge is 0.348 e. The van der Waals surface area contributed by atoms with Gasteiger partial charge in [0, 0.05) is 5.56 Å². The summed E-state index contributed by atoms with van der Waals surface area (Å²) in [5, 5.41) is 0. The molecule has 6 heteroatoms. The van der Waals surface area contributed by atoms with E-state index in [9.17, 15) is 14.0 Å². The van der Waals surface area contributed by atoms with E-state index in [1.54, 1.807) is 24.3 Å². The van der Waals surface area contributed by atoms with Crippen molar-refractivity contribution in [3.8, 4) is 5.75 Å². The number of halogens is 1. The fourth-order valence-electron chi connectivity index (χ4n) is 2.46. The van der Waals surface area contributed by atoms with Gasteiger partial charge in [-0.15, -0.1) is 0 Å². The van der Waals surface area contributed by atoms with Gasteiger partial charge in [-0.2, -0.15) is 0 Å². The van der Waals surface area contributed by atoms with Crippen LogP contribution in [0.3, 0.4) is 0 Å². The standard InChI is InChI=1S/C17H14FNO4/c1-22-17(21)15-10-19(13-7-2-3-8-14(13)23-15)16(20)11-5-4-6-12(18)9-11/h2-9,15H,10H2,1H3/t15-/m1/s1. The van der Waals surface area contributed by atoms with Gasteiger partial charge in [0.05, 0.1) is 19.3 Å². The van der Waals surface area contributed by atoms with Crippen LogP contribution >= 0.6 is 0 Å². The summed E-state index contributed by atoms with van der Waals surface area (Å²) in [7, 11) is 1.25. The first-order chi connectivity index (χ1) is 11.1. The highest BCUT2D eigenvalue weighted by Crippen LogP contribution is 2.34. The van der Waals surface area contributed by atoms with Crippen molar-refractivity contribution in [2.45, 2.75) is 6.10 Å². The number of esters is 1. The monoisotopic (exact) mass is 315 g/mol. The van der Waals surface area contributed by atoms with Crippen molar-refractivity contribution in [3.63, 3.8) is 0 Å². The Labute approximate surface area is 132 Å². The van der Waals surface area contributed by atoms with Gasteiger partial charge in [0.1, 0.15) is 11.6 Å². The number of rotatable bonds is 2. The van der Waals surface area contributed by atoms with Gasteiger partial charge in [-0.3, -0.25) is 4.79 Å². The number of nitrogens with zero attached hydrogens (tertiary/aromatic N) is 1. The summed E-state index contributed by atoms with van der Waals surface area (Å²) in [5.74, 6) is -1.08. The minimum Gasteiger partial charge on any atom is -0.475 e. The van der Waals surface area contributed by atoms with E-state index in [2.05, 4.69) is 0 Å². The largest absolute Gasteiger partial charge is 0.475 e. The molecule has 0 radical (unpaired) electrons. The van der Waals surface area contributed by atoms with Crippen LogP contribution in [0.1, 0.15) is 10.4 Å². The SMILES string of the molecule is COC(=O)[C@H]1CN(C(=O)c2cccc(F)c2)c2ccccc2O1. The summed E-state index contributed by atoms with van der Waals surface area (Å²) >= 11 is 0. The zero-order valence-electron chi connectivity index (χ0n) is 12.4. The van der Waals surface area contributed by atoms with Crippen LogP contribution in [0.5, 0.6) is 5.75 Å². The van der Waals surface area contributed by atoms with Crippen LogP contribution in [0.2, 0.25) is 0 Å². The lowest BCUT2D eigenvalue weighted by atomic mass is 10.1. The second-order valence-electron chi connectivity index (χ2n) is 5.02. The molecule has 0 aliphatic carbocycles. The first-order valence-electron chi connectivity index (χ1n) is 7.01. The molecule has 0 fully saturated rings. The molecule has 3 rings (SSSR count). The molecule has 1 aliphatic heterocycles. The Kier molecular flexibility index (Phi) is 3.97. The highest BCUT2D eigenvalue weighted by molar-refractivity contribution is 6.07. The Morgan fingerprint density at radius 2 is 2.00 bits per heavy atom. The Morgan fingerprint density at radius 1 is 1.22 bits per heavy atom. The van der Waals surface area contributed by atoms with Gasteiger partial charge in [0.15, 0.2) is 0 Å². The first-order valence-corrected chi connectivity index (χ1v) is 7.01. The number of methoxy groups -OCH3 is 1. The number of hydrogen-bond acceptors (Lipinski definition) is 4. The van der Waals surface area contributed by atoms with Crippen molar-refractivity contribution in [1.29, 1.82) is 0 Å². The van der Waals surface area contributed by atoms with E-state index in [-0.39, 0.29) is 12.1 Å². The van der Waals surface area contributed by atoms with Crippen LogP contribution < -0.4 is 9.64 Å². The molecule has 1 atom stereocenters. The number of carbonyl (C=O) groups excluding carboxylic acids is 2. The maximum atomic E-state index is 13.4. The number of ether oxygens (including phenoxy) is 2. The number of carbonyl (C=O) groups is 2. The molecule has 0 spiro atoms. The van der Waals surface area contributed by atoms with Gasteiger partial charge < -0.3 is 14.4 Å². The summed E-state index contributed by atoms with van der Waals surface area (Å²) in [6.45, 7) is -0.000959. The van der Waals surface area contributed by atoms with Crippen molar-refractivity contribution >= 4 is 17.6 Å². The molecule has 0 aromatic heterocycles. The Hall–Kier alpha value is -2.89. The number of anilines is 1. The highest BCUT2D eigenvalue weighted by atomic mass is 19.1. The van der Waals surface area contributed by atoms with Crippen molar-refractivity contribution in [2.24, 2.45) is 0 Å². The number of para-hydroxylation sites is 2. The maximum Gasteiger partial charge on any atom is 0.348 e. The number of amides is 1. The molecule has 2 aromatic carbocycles. The molecule has 0 N–H and O–H groups in total. The van der Waals surface area contributed by atoms with E-state index in [1.807, 2.05) is 0 Å². The minimum atomic E-state index is -0.924. The number of fused-ring (bicyclic) bond motifs is 1. The molecule has 0 saturated carbocycles. The summed E-state index contributed by atoms with van der Waals surface area (Å²) in [6, 6.07) is 12.3. The molecule has 0 bridgehead atoms. The van der Waals surface area contributed by atoms with E-state index < -0.39 is 23.8 Å². The third-order valence-corrected chi connectivity index (χ3v) is 3.55. The lowest BCUT2D eigenvalue weighted by Gasteiger charge is -2.33. The third kappa shape index (κ3) is 2.88. The molecule has 1 heterocycles. The molecule has 5 nitrogen and oxygen atoms in total. The van der Waals surface area contributed by atoms with Crippen LogP contribution in [0.15, 0.2) is 48.5 Å². The van der Waals surface area contributed by atoms with E-state index in [0.29, 0.717) is 11.4 Å². The van der Waals surface area contributed by atoms with Gasteiger partial charge in [0.25, 0.3) is 5.91 Å². The molecule has 1 amide bonds. The Morgan fingerprint density at radius 3 is 2.74 bits per heavy atom. The van der Waals surface area contributed by atoms with Gasteiger partial charge in [0.2, 0.25) is 6.10 Å². The summed E-state index contributed by atoms with van der Waals surface area (Å²) < 4.78 is 23.7. The predicted octanol–water partition coefficient (Wildman–Crippen LogP) is 2.41. The Bertz CT molecular complexity index is 762. The van der Waals surface area contributed by atoms with E-state index in [4.69, 9.17) is 9.47 Å². The lowest BCUT2D eigenvalue weighted by Crippen LogP contribution is -2.47.